The fraction of sp³-hybridized carbons (Fsp3) is 0.227. The lowest BCUT2D eigenvalue weighted by molar-refractivity contribution is 0.269. The molecule has 0 bridgehead atoms. The van der Waals surface area contributed by atoms with Gasteiger partial charge in [0.2, 0.25) is 0 Å². The lowest BCUT2D eigenvalue weighted by Gasteiger charge is -2.14. The molecular weight excluding hydrogens is 379 g/mol. The second-order valence-corrected chi connectivity index (χ2v) is 6.61. The maximum absolute atomic E-state index is 13.0. The molecule has 1 N–H and O–H groups in total. The van der Waals surface area contributed by atoms with Crippen LogP contribution < -0.4 is 14.8 Å². The van der Waals surface area contributed by atoms with Crippen molar-refractivity contribution in [1.29, 1.82) is 0 Å². The molecule has 1 heterocycles. The normalized spacial score (nSPS) is 10.7. The highest BCUT2D eigenvalue weighted by Gasteiger charge is 2.08. The van der Waals surface area contributed by atoms with Crippen molar-refractivity contribution >= 4 is 11.6 Å². The smallest absolute Gasteiger partial charge is 0.161 e. The predicted molar refractivity (Wildman–Crippen MR) is 108 cm³/mol. The van der Waals surface area contributed by atoms with Crippen LogP contribution >= 0.6 is 11.6 Å². The van der Waals surface area contributed by atoms with E-state index in [-0.39, 0.29) is 5.82 Å². The van der Waals surface area contributed by atoms with Gasteiger partial charge in [-0.25, -0.2) is 9.37 Å². The van der Waals surface area contributed by atoms with Crippen LogP contribution in [0.15, 0.2) is 60.8 Å². The Morgan fingerprint density at radius 1 is 0.893 bits per heavy atom. The van der Waals surface area contributed by atoms with E-state index in [2.05, 4.69) is 10.3 Å². The van der Waals surface area contributed by atoms with Crippen LogP contribution in [0.1, 0.15) is 23.6 Å². The van der Waals surface area contributed by atoms with E-state index in [1.165, 1.54) is 12.1 Å². The highest BCUT2D eigenvalue weighted by molar-refractivity contribution is 6.29. The third kappa shape index (κ3) is 5.94. The van der Waals surface area contributed by atoms with Crippen molar-refractivity contribution in [3.05, 3.63) is 88.5 Å². The average molecular weight is 401 g/mol. The summed E-state index contributed by atoms with van der Waals surface area (Å²) in [5, 5.41) is 3.80. The van der Waals surface area contributed by atoms with Crippen LogP contribution in [0, 0.1) is 5.82 Å². The minimum absolute atomic E-state index is 0.227. The molecule has 28 heavy (non-hydrogen) atoms. The molecule has 3 aromatic rings. The van der Waals surface area contributed by atoms with Crippen LogP contribution in [0.3, 0.4) is 0 Å². The first-order valence-corrected chi connectivity index (χ1v) is 9.46. The van der Waals surface area contributed by atoms with Crippen LogP contribution in [0.4, 0.5) is 4.39 Å². The van der Waals surface area contributed by atoms with Crippen molar-refractivity contribution in [3.8, 4) is 11.5 Å². The molecule has 0 atom stereocenters. The quantitative estimate of drug-likeness (QED) is 0.505. The van der Waals surface area contributed by atoms with Crippen LogP contribution in [0.5, 0.6) is 11.5 Å². The summed E-state index contributed by atoms with van der Waals surface area (Å²) < 4.78 is 24.6. The summed E-state index contributed by atoms with van der Waals surface area (Å²) in [7, 11) is 0. The Kier molecular flexibility index (Phi) is 7.23. The first-order chi connectivity index (χ1) is 13.6. The van der Waals surface area contributed by atoms with Gasteiger partial charge in [0.05, 0.1) is 6.61 Å². The number of aromatic nitrogens is 1. The van der Waals surface area contributed by atoms with Crippen molar-refractivity contribution in [1.82, 2.24) is 10.3 Å². The molecule has 0 aliphatic rings. The molecule has 0 aliphatic heterocycles. The van der Waals surface area contributed by atoms with E-state index < -0.39 is 0 Å². The van der Waals surface area contributed by atoms with E-state index in [9.17, 15) is 4.39 Å². The number of halogens is 2. The summed E-state index contributed by atoms with van der Waals surface area (Å²) >= 11 is 5.81. The minimum Gasteiger partial charge on any atom is -0.490 e. The van der Waals surface area contributed by atoms with E-state index in [4.69, 9.17) is 21.1 Å². The zero-order chi connectivity index (χ0) is 19.8. The largest absolute Gasteiger partial charge is 0.490 e. The van der Waals surface area contributed by atoms with Gasteiger partial charge in [-0.15, -0.1) is 0 Å². The summed E-state index contributed by atoms with van der Waals surface area (Å²) in [5.74, 6) is 1.15. The first kappa shape index (κ1) is 20.1. The van der Waals surface area contributed by atoms with Gasteiger partial charge in [0, 0.05) is 24.8 Å². The fourth-order valence-corrected chi connectivity index (χ4v) is 2.77. The highest BCUT2D eigenvalue weighted by atomic mass is 35.5. The lowest BCUT2D eigenvalue weighted by atomic mass is 10.2. The topological polar surface area (TPSA) is 43.4 Å². The summed E-state index contributed by atoms with van der Waals surface area (Å²) in [5.41, 5.74) is 3.03. The van der Waals surface area contributed by atoms with Crippen molar-refractivity contribution in [2.24, 2.45) is 0 Å². The molecule has 0 aliphatic carbocycles. The molecule has 6 heteroatoms. The van der Waals surface area contributed by atoms with Gasteiger partial charge in [-0.05, 0) is 48.4 Å². The van der Waals surface area contributed by atoms with E-state index in [0.29, 0.717) is 43.0 Å². The van der Waals surface area contributed by atoms with Gasteiger partial charge in [0.1, 0.15) is 17.6 Å². The Morgan fingerprint density at radius 2 is 1.61 bits per heavy atom. The molecule has 3 rings (SSSR count). The Balaban J connectivity index is 1.59. The van der Waals surface area contributed by atoms with E-state index >= 15 is 0 Å². The van der Waals surface area contributed by atoms with Crippen LogP contribution in [0.2, 0.25) is 5.15 Å². The molecule has 0 amide bonds. The molecule has 0 spiro atoms. The van der Waals surface area contributed by atoms with Crippen LogP contribution in [-0.4, -0.2) is 11.6 Å². The molecule has 1 aromatic heterocycles. The molecular formula is C22H22ClFN2O2. The van der Waals surface area contributed by atoms with E-state index in [0.717, 1.165) is 16.7 Å². The average Bonchev–Trinajstić information content (AvgIpc) is 2.70. The Hall–Kier alpha value is -2.63. The monoisotopic (exact) mass is 400 g/mol. The van der Waals surface area contributed by atoms with Crippen LogP contribution in [-0.2, 0) is 19.7 Å². The minimum atomic E-state index is -0.227. The number of pyridine rings is 1. The van der Waals surface area contributed by atoms with Gasteiger partial charge in [0.25, 0.3) is 0 Å². The van der Waals surface area contributed by atoms with Gasteiger partial charge >= 0.3 is 0 Å². The molecule has 146 valence electrons. The van der Waals surface area contributed by atoms with Crippen LogP contribution in [0.25, 0.3) is 0 Å². The molecule has 4 nitrogen and oxygen atoms in total. The van der Waals surface area contributed by atoms with Gasteiger partial charge < -0.3 is 14.8 Å². The fourth-order valence-electron chi connectivity index (χ4n) is 2.66. The highest BCUT2D eigenvalue weighted by Crippen LogP contribution is 2.29. The summed E-state index contributed by atoms with van der Waals surface area (Å²) in [4.78, 5) is 4.05. The Morgan fingerprint density at radius 3 is 2.32 bits per heavy atom. The molecule has 0 saturated heterocycles. The first-order valence-electron chi connectivity index (χ1n) is 9.08. The van der Waals surface area contributed by atoms with Gasteiger partial charge in [-0.3, -0.25) is 0 Å². The SMILES string of the molecule is CCOc1cc(CNCc2ccc(F)cc2)ccc1OCc1ccc(Cl)nc1. The third-order valence-corrected chi connectivity index (χ3v) is 4.29. The standard InChI is InChI=1S/C22H22ClFN2O2/c1-2-27-21-11-17(13-25-12-16-3-7-19(24)8-4-16)5-9-20(21)28-15-18-6-10-22(23)26-14-18/h3-11,14,25H,2,12-13,15H2,1H3. The number of nitrogens with zero attached hydrogens (tertiary/aromatic N) is 1. The molecule has 2 aromatic carbocycles. The molecule has 0 saturated carbocycles. The summed E-state index contributed by atoms with van der Waals surface area (Å²) in [6.45, 7) is 4.19. The van der Waals surface area contributed by atoms with Crippen molar-refractivity contribution < 1.29 is 13.9 Å². The Bertz CT molecular complexity index is 886. The summed E-state index contributed by atoms with van der Waals surface area (Å²) in [6.07, 6.45) is 1.69. The summed E-state index contributed by atoms with van der Waals surface area (Å²) in [6, 6.07) is 16.0. The number of hydrogen-bond donors (Lipinski definition) is 1. The second kappa shape index (κ2) is 10.1. The molecule has 0 fully saturated rings. The number of rotatable bonds is 9. The third-order valence-electron chi connectivity index (χ3n) is 4.06. The lowest BCUT2D eigenvalue weighted by Crippen LogP contribution is -2.13. The zero-order valence-electron chi connectivity index (χ0n) is 15.6. The van der Waals surface area contributed by atoms with Gasteiger partial charge in [-0.2, -0.15) is 0 Å². The maximum Gasteiger partial charge on any atom is 0.161 e. The van der Waals surface area contributed by atoms with Gasteiger partial charge in [-0.1, -0.05) is 35.9 Å². The van der Waals surface area contributed by atoms with E-state index in [1.807, 2.05) is 31.2 Å². The number of ether oxygens (including phenoxy) is 2. The number of hydrogen-bond acceptors (Lipinski definition) is 4. The van der Waals surface area contributed by atoms with Gasteiger partial charge in [0.15, 0.2) is 11.5 Å². The zero-order valence-corrected chi connectivity index (χ0v) is 16.4. The predicted octanol–water partition coefficient (Wildman–Crippen LogP) is 5.14. The maximum atomic E-state index is 13.0. The van der Waals surface area contributed by atoms with Crippen molar-refractivity contribution in [2.75, 3.05) is 6.61 Å². The Labute approximate surface area is 169 Å². The number of benzene rings is 2. The molecule has 0 unspecified atom stereocenters. The second-order valence-electron chi connectivity index (χ2n) is 6.22. The molecule has 0 radical (unpaired) electrons. The van der Waals surface area contributed by atoms with Crippen molar-refractivity contribution in [2.45, 2.75) is 26.6 Å². The number of nitrogens with one attached hydrogen (secondary N) is 1. The van der Waals surface area contributed by atoms with Crippen molar-refractivity contribution in [3.63, 3.8) is 0 Å². The van der Waals surface area contributed by atoms with E-state index in [1.54, 1.807) is 24.4 Å².